The molecule has 1 rings (SSSR count). The first-order valence-corrected chi connectivity index (χ1v) is 8.93. The van der Waals surface area contributed by atoms with Crippen molar-refractivity contribution >= 4 is 41.6 Å². The number of carbonyl (C=O) groups excluding carboxylic acids is 5. The lowest BCUT2D eigenvalue weighted by Crippen LogP contribution is -2.46. The van der Waals surface area contributed by atoms with Crippen molar-refractivity contribution < 1.29 is 47.7 Å². The van der Waals surface area contributed by atoms with Crippen molar-refractivity contribution in [3.63, 3.8) is 0 Å². The number of carbonyl (C=O) groups is 5. The van der Waals surface area contributed by atoms with Gasteiger partial charge in [0.05, 0.1) is 5.25 Å². The van der Waals surface area contributed by atoms with Crippen molar-refractivity contribution in [2.75, 3.05) is 6.61 Å². The molecule has 0 bridgehead atoms. The van der Waals surface area contributed by atoms with Gasteiger partial charge in [-0.1, -0.05) is 0 Å². The van der Waals surface area contributed by atoms with Crippen LogP contribution in [0.1, 0.15) is 34.6 Å². The minimum absolute atomic E-state index is 0.316. The summed E-state index contributed by atoms with van der Waals surface area (Å²) in [6.45, 7) is 5.49. The molecule has 1 fully saturated rings. The molecular formula is C16H22O10S. The van der Waals surface area contributed by atoms with E-state index in [2.05, 4.69) is 0 Å². The molecule has 0 aromatic carbocycles. The third-order valence-electron chi connectivity index (χ3n) is 3.23. The lowest BCUT2D eigenvalue weighted by molar-refractivity contribution is -0.176. The highest BCUT2D eigenvalue weighted by atomic mass is 32.2. The molecule has 1 aliphatic heterocycles. The lowest BCUT2D eigenvalue weighted by Gasteiger charge is -2.28. The second kappa shape index (κ2) is 10.1. The summed E-state index contributed by atoms with van der Waals surface area (Å²) in [5, 5.41) is -0.814. The molecule has 0 saturated carbocycles. The summed E-state index contributed by atoms with van der Waals surface area (Å²) in [6.07, 6.45) is -3.25. The SMILES string of the molecule is CC(=O)OC[C@@H](OC(C)=O)[C@@H]1S[C@@H](OC(C)=O)[C@H](OC(C)=O)[C@H]1OC(C)=O. The number of esters is 5. The lowest BCUT2D eigenvalue weighted by atomic mass is 10.1. The molecule has 0 unspecified atom stereocenters. The van der Waals surface area contributed by atoms with Crippen LogP contribution in [0.5, 0.6) is 0 Å². The third kappa shape index (κ3) is 7.45. The van der Waals surface area contributed by atoms with Crippen LogP contribution in [-0.2, 0) is 47.7 Å². The predicted molar refractivity (Wildman–Crippen MR) is 90.2 cm³/mol. The van der Waals surface area contributed by atoms with Gasteiger partial charge in [-0.2, -0.15) is 0 Å². The van der Waals surface area contributed by atoms with E-state index in [1.807, 2.05) is 0 Å². The molecule has 27 heavy (non-hydrogen) atoms. The van der Waals surface area contributed by atoms with Crippen LogP contribution in [0.3, 0.4) is 0 Å². The highest BCUT2D eigenvalue weighted by Crippen LogP contribution is 2.41. The molecule has 0 amide bonds. The number of hydrogen-bond acceptors (Lipinski definition) is 11. The Kier molecular flexibility index (Phi) is 8.54. The van der Waals surface area contributed by atoms with E-state index in [4.69, 9.17) is 23.7 Å². The molecule has 0 spiro atoms. The minimum atomic E-state index is -1.12. The zero-order chi connectivity index (χ0) is 20.7. The largest absolute Gasteiger partial charge is 0.462 e. The van der Waals surface area contributed by atoms with Crippen molar-refractivity contribution in [1.82, 2.24) is 0 Å². The highest BCUT2D eigenvalue weighted by molar-refractivity contribution is 8.00. The Morgan fingerprint density at radius 2 is 1.26 bits per heavy atom. The van der Waals surface area contributed by atoms with Gasteiger partial charge in [0.25, 0.3) is 0 Å². The third-order valence-corrected chi connectivity index (χ3v) is 4.75. The first-order valence-electron chi connectivity index (χ1n) is 7.99. The molecule has 11 heteroatoms. The highest BCUT2D eigenvalue weighted by Gasteiger charge is 2.54. The van der Waals surface area contributed by atoms with Crippen LogP contribution in [0, 0.1) is 0 Å². The van der Waals surface area contributed by atoms with Crippen LogP contribution in [-0.4, -0.2) is 65.5 Å². The molecule has 0 radical (unpaired) electrons. The summed E-state index contributed by atoms with van der Waals surface area (Å²) < 4.78 is 25.7. The maximum Gasteiger partial charge on any atom is 0.303 e. The molecular weight excluding hydrogens is 384 g/mol. The van der Waals surface area contributed by atoms with Gasteiger partial charge >= 0.3 is 29.8 Å². The van der Waals surface area contributed by atoms with E-state index >= 15 is 0 Å². The van der Waals surface area contributed by atoms with Crippen LogP contribution in [0.2, 0.25) is 0 Å². The fraction of sp³-hybridized carbons (Fsp3) is 0.688. The standard InChI is InChI=1S/C16H22O10S/c1-7(17)22-6-12(23-8(2)18)15-13(24-9(3)19)14(25-10(4)20)16(27-15)26-11(5)21/h12-16H,6H2,1-5H3/t12-,13-,14-,15+,16-/m1/s1. The van der Waals surface area contributed by atoms with E-state index in [1.54, 1.807) is 0 Å². The fourth-order valence-electron chi connectivity index (χ4n) is 2.46. The zero-order valence-electron chi connectivity index (χ0n) is 15.6. The topological polar surface area (TPSA) is 132 Å². The molecule has 5 atom stereocenters. The fourth-order valence-corrected chi connectivity index (χ4v) is 4.00. The maximum atomic E-state index is 11.5. The van der Waals surface area contributed by atoms with Gasteiger partial charge in [0.2, 0.25) is 0 Å². The summed E-state index contributed by atoms with van der Waals surface area (Å²) >= 11 is 0.975. The van der Waals surface area contributed by atoms with Crippen molar-refractivity contribution in [1.29, 1.82) is 0 Å². The number of hydrogen-bond donors (Lipinski definition) is 0. The smallest absolute Gasteiger partial charge is 0.303 e. The Hall–Kier alpha value is -2.30. The van der Waals surface area contributed by atoms with E-state index in [9.17, 15) is 24.0 Å². The van der Waals surface area contributed by atoms with E-state index in [1.165, 1.54) is 13.8 Å². The van der Waals surface area contributed by atoms with Crippen LogP contribution < -0.4 is 0 Å². The summed E-state index contributed by atoms with van der Waals surface area (Å²) in [6, 6.07) is 0. The first-order chi connectivity index (χ1) is 12.5. The summed E-state index contributed by atoms with van der Waals surface area (Å²) in [7, 11) is 0. The average molecular weight is 406 g/mol. The Morgan fingerprint density at radius 3 is 1.70 bits per heavy atom. The molecule has 0 aliphatic carbocycles. The Morgan fingerprint density at radius 1 is 0.741 bits per heavy atom. The quantitative estimate of drug-likeness (QED) is 0.428. The number of ether oxygens (including phenoxy) is 5. The molecule has 1 aliphatic rings. The summed E-state index contributed by atoms with van der Waals surface area (Å²) in [5.74, 6) is -3.27. The van der Waals surface area contributed by atoms with Gasteiger partial charge in [-0.05, 0) is 0 Å². The van der Waals surface area contributed by atoms with Gasteiger partial charge in [-0.15, -0.1) is 11.8 Å². The summed E-state index contributed by atoms with van der Waals surface area (Å²) in [4.78, 5) is 57.0. The van der Waals surface area contributed by atoms with E-state index in [0.29, 0.717) is 0 Å². The average Bonchev–Trinajstić information content (AvgIpc) is 2.79. The van der Waals surface area contributed by atoms with Gasteiger partial charge in [0.15, 0.2) is 23.7 Å². The normalized spacial score (nSPS) is 25.1. The Labute approximate surface area is 160 Å². The summed E-state index contributed by atoms with van der Waals surface area (Å²) in [5.41, 5.74) is -1.00. The second-order valence-electron chi connectivity index (χ2n) is 5.68. The van der Waals surface area contributed by atoms with E-state index in [-0.39, 0.29) is 6.61 Å². The van der Waals surface area contributed by atoms with Gasteiger partial charge in [-0.3, -0.25) is 24.0 Å². The predicted octanol–water partition coefficient (Wildman–Crippen LogP) is 0.349. The number of thioether (sulfide) groups is 1. The maximum absolute atomic E-state index is 11.5. The number of rotatable bonds is 7. The van der Waals surface area contributed by atoms with Crippen molar-refractivity contribution in [3.8, 4) is 0 Å². The molecule has 0 aromatic rings. The Balaban J connectivity index is 3.20. The van der Waals surface area contributed by atoms with Crippen molar-refractivity contribution in [2.45, 2.75) is 63.6 Å². The van der Waals surface area contributed by atoms with Crippen LogP contribution in [0.15, 0.2) is 0 Å². The van der Waals surface area contributed by atoms with Gasteiger partial charge in [0.1, 0.15) is 6.61 Å². The Bertz CT molecular complexity index is 604. The van der Waals surface area contributed by atoms with Crippen LogP contribution in [0.4, 0.5) is 0 Å². The minimum Gasteiger partial charge on any atom is -0.462 e. The van der Waals surface area contributed by atoms with E-state index < -0.39 is 58.8 Å². The molecule has 152 valence electrons. The van der Waals surface area contributed by atoms with Gasteiger partial charge < -0.3 is 23.7 Å². The second-order valence-corrected chi connectivity index (χ2v) is 6.96. The van der Waals surface area contributed by atoms with Crippen molar-refractivity contribution in [3.05, 3.63) is 0 Å². The van der Waals surface area contributed by atoms with Gasteiger partial charge in [0, 0.05) is 34.6 Å². The monoisotopic (exact) mass is 406 g/mol. The molecule has 1 heterocycles. The molecule has 10 nitrogen and oxygen atoms in total. The first kappa shape index (κ1) is 22.7. The van der Waals surface area contributed by atoms with E-state index in [0.717, 1.165) is 32.5 Å². The molecule has 1 saturated heterocycles. The van der Waals surface area contributed by atoms with Gasteiger partial charge in [-0.25, -0.2) is 0 Å². The molecule has 0 N–H and O–H groups in total. The zero-order valence-corrected chi connectivity index (χ0v) is 16.4. The van der Waals surface area contributed by atoms with Crippen LogP contribution in [0.25, 0.3) is 0 Å². The van der Waals surface area contributed by atoms with Crippen molar-refractivity contribution in [2.24, 2.45) is 0 Å². The van der Waals surface area contributed by atoms with Crippen LogP contribution >= 0.6 is 11.8 Å². The molecule has 0 aromatic heterocycles.